The predicted octanol–water partition coefficient (Wildman–Crippen LogP) is 2.37. The molecule has 1 aromatic carbocycles. The number of hydrogen-bond donors (Lipinski definition) is 1. The number of benzene rings is 1. The van der Waals surface area contributed by atoms with Crippen molar-refractivity contribution in [3.63, 3.8) is 0 Å². The Balaban J connectivity index is 1.31. The number of carbonyl (C=O) groups excluding carboxylic acids is 1. The minimum Gasteiger partial charge on any atom is -0.364 e. The summed E-state index contributed by atoms with van der Waals surface area (Å²) in [4.78, 5) is 24.5. The molecule has 1 atom stereocenters. The molecule has 4 heterocycles. The van der Waals surface area contributed by atoms with Crippen molar-refractivity contribution < 1.29 is 18.1 Å². The maximum atomic E-state index is 13.6. The molecule has 198 valence electrons. The summed E-state index contributed by atoms with van der Waals surface area (Å²) in [6.45, 7) is 4.76. The first-order valence-corrected chi connectivity index (χ1v) is 14.1. The fourth-order valence-corrected chi connectivity index (χ4v) is 7.82. The van der Waals surface area contributed by atoms with Crippen molar-refractivity contribution >= 4 is 43.9 Å². The summed E-state index contributed by atoms with van der Waals surface area (Å²) < 4.78 is 30.2. The fraction of sp³-hybridized carbons (Fsp3) is 0.304. The highest BCUT2D eigenvalue weighted by Crippen LogP contribution is 2.32. The van der Waals surface area contributed by atoms with E-state index in [-0.39, 0.29) is 22.5 Å². The molecule has 1 aliphatic heterocycles. The molecule has 1 saturated heterocycles. The highest BCUT2D eigenvalue weighted by Gasteiger charge is 2.35. The van der Waals surface area contributed by atoms with E-state index >= 15 is 0 Å². The van der Waals surface area contributed by atoms with Gasteiger partial charge in [0.05, 0.1) is 17.6 Å². The van der Waals surface area contributed by atoms with Crippen LogP contribution in [0.4, 0.5) is 5.82 Å². The molecule has 2 N–H and O–H groups in total. The minimum absolute atomic E-state index is 0.0835. The number of primary amides is 1. The number of piperidine rings is 1. The quantitative estimate of drug-likeness (QED) is 0.184. The van der Waals surface area contributed by atoms with E-state index in [1.807, 2.05) is 33.8 Å². The van der Waals surface area contributed by atoms with Crippen molar-refractivity contribution in [2.24, 2.45) is 5.73 Å². The third-order valence-corrected chi connectivity index (χ3v) is 10.2. The van der Waals surface area contributed by atoms with E-state index in [1.54, 1.807) is 6.07 Å². The van der Waals surface area contributed by atoms with Crippen LogP contribution in [0.2, 0.25) is 0 Å². The van der Waals surface area contributed by atoms with Crippen LogP contribution >= 0.6 is 11.3 Å². The molecule has 0 aliphatic carbocycles. The molecule has 0 radical (unpaired) electrons. The Kier molecular flexibility index (Phi) is 6.81. The van der Waals surface area contributed by atoms with Crippen LogP contribution in [0.25, 0.3) is 11.0 Å². The van der Waals surface area contributed by atoms with Gasteiger partial charge in [0, 0.05) is 18.0 Å². The van der Waals surface area contributed by atoms with Crippen molar-refractivity contribution in [1.29, 1.82) is 0 Å². The summed E-state index contributed by atoms with van der Waals surface area (Å²) in [5.41, 5.74) is 6.72. The van der Waals surface area contributed by atoms with Gasteiger partial charge in [0.2, 0.25) is 9.84 Å². The molecule has 0 spiro atoms. The molecule has 4 aromatic rings. The number of carbonyl (C=O) groups is 1. The van der Waals surface area contributed by atoms with Gasteiger partial charge in [0.1, 0.15) is 21.6 Å². The number of likely N-dealkylation sites (tertiary alicyclic amines) is 1. The van der Waals surface area contributed by atoms with Crippen LogP contribution < -0.4 is 5.73 Å². The van der Waals surface area contributed by atoms with E-state index in [0.717, 1.165) is 33.1 Å². The van der Waals surface area contributed by atoms with Crippen LogP contribution in [0.1, 0.15) is 34.2 Å². The molecule has 3 aromatic heterocycles. The molecule has 1 unspecified atom stereocenters. The summed E-state index contributed by atoms with van der Waals surface area (Å²) in [5, 5.41) is 22.8. The lowest BCUT2D eigenvalue weighted by atomic mass is 10.0. The lowest BCUT2D eigenvalue weighted by Gasteiger charge is -2.35. The van der Waals surface area contributed by atoms with Gasteiger partial charge >= 0.3 is 5.82 Å². The summed E-state index contributed by atoms with van der Waals surface area (Å²) in [7, 11) is -3.81. The average Bonchev–Trinajstić information content (AvgIpc) is 3.64. The second kappa shape index (κ2) is 10.1. The summed E-state index contributed by atoms with van der Waals surface area (Å²) >= 11 is 0.996. The van der Waals surface area contributed by atoms with Crippen molar-refractivity contribution in [2.75, 3.05) is 13.1 Å². The van der Waals surface area contributed by atoms with Crippen molar-refractivity contribution in [3.8, 4) is 0 Å². The fourth-order valence-electron chi connectivity index (χ4n) is 4.67. The van der Waals surface area contributed by atoms with Crippen LogP contribution in [0.15, 0.2) is 59.3 Å². The van der Waals surface area contributed by atoms with Gasteiger partial charge in [-0.25, -0.2) is 13.1 Å². The normalized spacial score (nSPS) is 16.0. The van der Waals surface area contributed by atoms with Gasteiger partial charge in [-0.15, -0.1) is 27.7 Å². The topological polar surface area (TPSA) is 172 Å². The van der Waals surface area contributed by atoms with Gasteiger partial charge in [-0.2, -0.15) is 0 Å². The number of para-hydroxylation sites is 1. The van der Waals surface area contributed by atoms with Crippen LogP contribution in [-0.2, 0) is 16.4 Å². The van der Waals surface area contributed by atoms with Crippen LogP contribution in [0.3, 0.4) is 0 Å². The Morgan fingerprint density at radius 2 is 2.00 bits per heavy atom. The Bertz CT molecular complexity index is 1630. The van der Waals surface area contributed by atoms with Crippen molar-refractivity contribution in [1.82, 2.24) is 29.7 Å². The molecule has 1 fully saturated rings. The summed E-state index contributed by atoms with van der Waals surface area (Å²) in [5.74, 6) is -1.31. The standard InChI is InChI=1S/C23H24N8O5S2/c1-2-21(28-11-9-15(10-12-28)30-19-6-4-3-5-17(19)25-27-30)38(35,36)22-8-7-16(37-22)14-29-20(31(33)34)13-18(26-29)23(24)32/h2-8,13,15,21H,1,9-12,14H2,(H2,24,32). The van der Waals surface area contributed by atoms with Gasteiger partial charge in [0.25, 0.3) is 5.91 Å². The number of fused-ring (bicyclic) bond motifs is 1. The zero-order valence-corrected chi connectivity index (χ0v) is 21.7. The Hall–Kier alpha value is -3.95. The number of nitrogens with zero attached hydrogens (tertiary/aromatic N) is 7. The third kappa shape index (κ3) is 4.70. The smallest absolute Gasteiger partial charge is 0.346 e. The largest absolute Gasteiger partial charge is 0.364 e. The second-order valence-electron chi connectivity index (χ2n) is 8.85. The highest BCUT2D eigenvalue weighted by molar-refractivity contribution is 7.94. The van der Waals surface area contributed by atoms with Gasteiger partial charge < -0.3 is 15.8 Å². The van der Waals surface area contributed by atoms with E-state index in [2.05, 4.69) is 22.0 Å². The van der Waals surface area contributed by atoms with E-state index in [1.165, 1.54) is 12.1 Å². The third-order valence-electron chi connectivity index (χ3n) is 6.52. The maximum Gasteiger partial charge on any atom is 0.346 e. The van der Waals surface area contributed by atoms with Crippen LogP contribution in [-0.4, -0.2) is 67.4 Å². The number of nitrogens with two attached hydrogens (primary N) is 1. The first-order chi connectivity index (χ1) is 18.2. The number of thiophene rings is 1. The van der Waals surface area contributed by atoms with Crippen molar-refractivity contribution in [2.45, 2.75) is 35.0 Å². The summed E-state index contributed by atoms with van der Waals surface area (Å²) in [6.07, 6.45) is 2.83. The Labute approximate surface area is 221 Å². The number of rotatable bonds is 9. The molecular weight excluding hydrogens is 532 g/mol. The van der Waals surface area contributed by atoms with Gasteiger partial charge in [-0.1, -0.05) is 28.5 Å². The molecule has 15 heteroatoms. The van der Waals surface area contributed by atoms with Gasteiger partial charge in [-0.05, 0) is 42.0 Å². The molecule has 5 rings (SSSR count). The van der Waals surface area contributed by atoms with E-state index in [9.17, 15) is 23.3 Å². The zero-order valence-electron chi connectivity index (χ0n) is 20.1. The molecule has 0 saturated carbocycles. The minimum atomic E-state index is -3.81. The predicted molar refractivity (Wildman–Crippen MR) is 139 cm³/mol. The Morgan fingerprint density at radius 1 is 1.26 bits per heavy atom. The molecule has 1 aliphatic rings. The second-order valence-corrected chi connectivity index (χ2v) is 12.3. The van der Waals surface area contributed by atoms with E-state index in [4.69, 9.17) is 5.73 Å². The monoisotopic (exact) mass is 556 g/mol. The number of hydrogen-bond acceptors (Lipinski definition) is 10. The van der Waals surface area contributed by atoms with Gasteiger partial charge in [0.15, 0.2) is 5.69 Å². The van der Waals surface area contributed by atoms with Crippen LogP contribution in [0.5, 0.6) is 0 Å². The Morgan fingerprint density at radius 3 is 2.68 bits per heavy atom. The van der Waals surface area contributed by atoms with Crippen molar-refractivity contribution in [3.05, 3.63) is 75.8 Å². The van der Waals surface area contributed by atoms with Crippen LogP contribution in [0, 0.1) is 10.1 Å². The first-order valence-electron chi connectivity index (χ1n) is 11.7. The highest BCUT2D eigenvalue weighted by atomic mass is 32.2. The lowest BCUT2D eigenvalue weighted by Crippen LogP contribution is -2.44. The first kappa shape index (κ1) is 25.7. The maximum absolute atomic E-state index is 13.6. The van der Waals surface area contributed by atoms with E-state index < -0.39 is 31.9 Å². The SMILES string of the molecule is C=CC(N1CCC(n2nnc3ccccc32)CC1)S(=O)(=O)c1ccc(Cn2nc(C(N)=O)cc2[N+](=O)[O-])s1. The average molecular weight is 557 g/mol. The zero-order chi connectivity index (χ0) is 27.0. The van der Waals surface area contributed by atoms with Gasteiger partial charge in [-0.3, -0.25) is 9.69 Å². The lowest BCUT2D eigenvalue weighted by molar-refractivity contribution is -0.392. The van der Waals surface area contributed by atoms with E-state index in [0.29, 0.717) is 30.8 Å². The molecule has 0 bridgehead atoms. The summed E-state index contributed by atoms with van der Waals surface area (Å²) in [6, 6.07) is 11.9. The number of sulfone groups is 1. The molecular formula is C23H24N8O5S2. The molecule has 38 heavy (non-hydrogen) atoms. The molecule has 1 amide bonds. The number of aromatic nitrogens is 5. The number of nitro groups is 1. The number of amides is 1. The molecule has 13 nitrogen and oxygen atoms in total.